The normalized spacial score (nSPS) is 35.4. The lowest BCUT2D eigenvalue weighted by Gasteiger charge is -2.57. The summed E-state index contributed by atoms with van der Waals surface area (Å²) in [5.74, 6) is -0.764. The molecule has 7 heteroatoms. The molecule has 7 nitrogen and oxygen atoms in total. The van der Waals surface area contributed by atoms with Crippen LogP contribution in [-0.4, -0.2) is 36.2 Å². The SMILES string of the molecule is CNc1ccccc1NC1=CCC2C3CC=C4C[C@@H](OC(=O)C(N)C(C)C(=O)O)CC[C@]4(C)C3CC[C@]12C. The van der Waals surface area contributed by atoms with Crippen molar-refractivity contribution in [3.8, 4) is 0 Å². The number of rotatable bonds is 7. The number of hydrogen-bond donors (Lipinski definition) is 4. The van der Waals surface area contributed by atoms with Crippen LogP contribution in [0.1, 0.15) is 65.7 Å². The van der Waals surface area contributed by atoms with Gasteiger partial charge < -0.3 is 26.2 Å². The average Bonchev–Trinajstić information content (AvgIpc) is 3.24. The third kappa shape index (κ3) is 4.42. The molecule has 0 bridgehead atoms. The lowest BCUT2D eigenvalue weighted by molar-refractivity contribution is -0.158. The number of hydrogen-bond acceptors (Lipinski definition) is 6. The number of carbonyl (C=O) groups excluding carboxylic acids is 1. The van der Waals surface area contributed by atoms with Crippen molar-refractivity contribution >= 4 is 23.3 Å². The minimum Gasteiger partial charge on any atom is -0.481 e. The van der Waals surface area contributed by atoms with E-state index in [2.05, 4.69) is 60.9 Å². The van der Waals surface area contributed by atoms with Crippen LogP contribution in [0.3, 0.4) is 0 Å². The first-order valence-corrected chi connectivity index (χ1v) is 14.2. The summed E-state index contributed by atoms with van der Waals surface area (Å²) in [5.41, 5.74) is 11.2. The zero-order valence-corrected chi connectivity index (χ0v) is 23.1. The van der Waals surface area contributed by atoms with Gasteiger partial charge in [-0.3, -0.25) is 9.59 Å². The van der Waals surface area contributed by atoms with Crippen LogP contribution in [0.15, 0.2) is 47.7 Å². The molecule has 1 aromatic rings. The lowest BCUT2D eigenvalue weighted by Crippen LogP contribution is -2.51. The first kappa shape index (κ1) is 26.8. The van der Waals surface area contributed by atoms with Gasteiger partial charge in [0.1, 0.15) is 12.1 Å². The van der Waals surface area contributed by atoms with E-state index < -0.39 is 23.9 Å². The van der Waals surface area contributed by atoms with Gasteiger partial charge in [-0.25, -0.2) is 0 Å². The van der Waals surface area contributed by atoms with Crippen molar-refractivity contribution in [3.63, 3.8) is 0 Å². The van der Waals surface area contributed by atoms with Crippen molar-refractivity contribution in [1.82, 2.24) is 0 Å². The number of para-hydroxylation sites is 2. The Bertz CT molecular complexity index is 1160. The second kappa shape index (κ2) is 10.1. The maximum atomic E-state index is 12.5. The first-order chi connectivity index (χ1) is 18.1. The van der Waals surface area contributed by atoms with Crippen molar-refractivity contribution in [3.05, 3.63) is 47.7 Å². The van der Waals surface area contributed by atoms with Gasteiger partial charge in [-0.1, -0.05) is 43.7 Å². The van der Waals surface area contributed by atoms with Crippen molar-refractivity contribution in [1.29, 1.82) is 0 Å². The minimum atomic E-state index is -1.14. The molecular formula is C31H43N3O4. The average molecular weight is 522 g/mol. The molecule has 0 amide bonds. The standard InChI is InChI=1S/C31H43N3O4/c1-18(28(35)36)27(32)29(37)38-20-13-15-30(2)19(17-20)9-10-21-22-11-12-26(31(22,3)16-14-23(21)30)34-25-8-6-5-7-24(25)33-4/h5-9,12,18,20-23,27,33-34H,10-11,13-17,32H2,1-4H3,(H,35,36)/t18?,20-,21?,22?,23?,27?,30-,31-/m0/s1. The summed E-state index contributed by atoms with van der Waals surface area (Å²) in [6.07, 6.45) is 11.7. The molecule has 0 heterocycles. The minimum absolute atomic E-state index is 0.124. The predicted octanol–water partition coefficient (Wildman–Crippen LogP) is 5.56. The topological polar surface area (TPSA) is 114 Å². The molecule has 8 atom stereocenters. The highest BCUT2D eigenvalue weighted by Crippen LogP contribution is 2.65. The van der Waals surface area contributed by atoms with Crippen LogP contribution in [0, 0.1) is 34.5 Å². The second-order valence-corrected chi connectivity index (χ2v) is 12.4. The Kier molecular flexibility index (Phi) is 7.10. The molecule has 0 radical (unpaired) electrons. The zero-order valence-electron chi connectivity index (χ0n) is 23.1. The summed E-state index contributed by atoms with van der Waals surface area (Å²) < 4.78 is 5.74. The van der Waals surface area contributed by atoms with Crippen molar-refractivity contribution in [2.24, 2.45) is 40.2 Å². The van der Waals surface area contributed by atoms with Gasteiger partial charge in [-0.05, 0) is 80.8 Å². The number of benzene rings is 1. The third-order valence-electron chi connectivity index (χ3n) is 10.6. The van der Waals surface area contributed by atoms with E-state index >= 15 is 0 Å². The Morgan fingerprint density at radius 2 is 1.76 bits per heavy atom. The smallest absolute Gasteiger partial charge is 0.324 e. The van der Waals surface area contributed by atoms with E-state index in [-0.39, 0.29) is 16.9 Å². The van der Waals surface area contributed by atoms with Crippen LogP contribution in [-0.2, 0) is 14.3 Å². The molecule has 1 aromatic carbocycles. The zero-order chi connectivity index (χ0) is 27.2. The van der Waals surface area contributed by atoms with Crippen molar-refractivity contribution in [2.75, 3.05) is 17.7 Å². The van der Waals surface area contributed by atoms with Crippen molar-refractivity contribution < 1.29 is 19.4 Å². The summed E-state index contributed by atoms with van der Waals surface area (Å²) in [6.45, 7) is 6.34. The van der Waals surface area contributed by atoms with Gasteiger partial charge in [-0.15, -0.1) is 0 Å². The van der Waals surface area contributed by atoms with Crippen LogP contribution in [0.25, 0.3) is 0 Å². The molecule has 5 rings (SSSR count). The highest BCUT2D eigenvalue weighted by Gasteiger charge is 2.57. The van der Waals surface area contributed by atoms with Gasteiger partial charge in [-0.2, -0.15) is 0 Å². The monoisotopic (exact) mass is 521 g/mol. The summed E-state index contributed by atoms with van der Waals surface area (Å²) in [5, 5.41) is 16.3. The highest BCUT2D eigenvalue weighted by molar-refractivity contribution is 5.83. The van der Waals surface area contributed by atoms with E-state index in [1.807, 2.05) is 7.05 Å². The molecule has 4 aliphatic rings. The fourth-order valence-electron chi connectivity index (χ4n) is 8.05. The number of aliphatic carboxylic acids is 1. The molecule has 38 heavy (non-hydrogen) atoms. The lowest BCUT2D eigenvalue weighted by atomic mass is 9.48. The second-order valence-electron chi connectivity index (χ2n) is 12.4. The predicted molar refractivity (Wildman–Crippen MR) is 149 cm³/mol. The molecule has 0 spiro atoms. The first-order valence-electron chi connectivity index (χ1n) is 14.2. The van der Waals surface area contributed by atoms with E-state index in [1.54, 1.807) is 0 Å². The van der Waals surface area contributed by atoms with Crippen LogP contribution in [0.4, 0.5) is 11.4 Å². The number of carboxylic acid groups (broad SMARTS) is 1. The third-order valence-corrected chi connectivity index (χ3v) is 10.6. The fraction of sp³-hybridized carbons (Fsp3) is 0.613. The summed E-state index contributed by atoms with van der Waals surface area (Å²) >= 11 is 0. The maximum Gasteiger partial charge on any atom is 0.324 e. The van der Waals surface area contributed by atoms with Crippen molar-refractivity contribution in [2.45, 2.75) is 77.9 Å². The van der Waals surface area contributed by atoms with Gasteiger partial charge in [0.05, 0.1) is 17.3 Å². The maximum absolute atomic E-state index is 12.5. The van der Waals surface area contributed by atoms with Gasteiger partial charge in [0, 0.05) is 24.6 Å². The Morgan fingerprint density at radius 1 is 1.05 bits per heavy atom. The Labute approximate surface area is 226 Å². The Morgan fingerprint density at radius 3 is 2.47 bits per heavy atom. The Balaban J connectivity index is 1.28. The molecule has 5 N–H and O–H groups in total. The molecule has 4 aliphatic carbocycles. The number of esters is 1. The molecular weight excluding hydrogens is 478 g/mol. The number of nitrogens with two attached hydrogens (primary N) is 1. The number of carbonyl (C=O) groups is 2. The molecule has 0 aromatic heterocycles. The summed E-state index contributed by atoms with van der Waals surface area (Å²) in [7, 11) is 1.96. The van der Waals surface area contributed by atoms with Crippen LogP contribution < -0.4 is 16.4 Å². The summed E-state index contributed by atoms with van der Waals surface area (Å²) in [4.78, 5) is 23.8. The molecule has 0 aliphatic heterocycles. The fourth-order valence-corrected chi connectivity index (χ4v) is 8.05. The molecule has 5 unspecified atom stereocenters. The van der Waals surface area contributed by atoms with E-state index in [0.29, 0.717) is 17.8 Å². The molecule has 206 valence electrons. The van der Waals surface area contributed by atoms with Gasteiger partial charge in [0.25, 0.3) is 0 Å². The number of carboxylic acids is 1. The van der Waals surface area contributed by atoms with Crippen LogP contribution in [0.5, 0.6) is 0 Å². The number of allylic oxidation sites excluding steroid dienone is 3. The molecule has 2 fully saturated rings. The molecule has 2 saturated carbocycles. The van der Waals surface area contributed by atoms with Crippen LogP contribution in [0.2, 0.25) is 0 Å². The largest absolute Gasteiger partial charge is 0.481 e. The molecule has 0 saturated heterocycles. The number of nitrogens with one attached hydrogen (secondary N) is 2. The number of fused-ring (bicyclic) bond motifs is 5. The number of ether oxygens (including phenoxy) is 1. The van der Waals surface area contributed by atoms with E-state index in [4.69, 9.17) is 10.5 Å². The van der Waals surface area contributed by atoms with E-state index in [0.717, 1.165) is 43.5 Å². The number of anilines is 2. The van der Waals surface area contributed by atoms with Gasteiger partial charge in [0.15, 0.2) is 0 Å². The quantitative estimate of drug-likeness (QED) is 0.274. The van der Waals surface area contributed by atoms with E-state index in [9.17, 15) is 14.7 Å². The summed E-state index contributed by atoms with van der Waals surface area (Å²) in [6, 6.07) is 7.25. The van der Waals surface area contributed by atoms with E-state index in [1.165, 1.54) is 31.0 Å². The Hall–Kier alpha value is -2.80. The highest BCUT2D eigenvalue weighted by atomic mass is 16.5. The van der Waals surface area contributed by atoms with Crippen LogP contribution >= 0.6 is 0 Å². The van der Waals surface area contributed by atoms with Gasteiger partial charge in [0.2, 0.25) is 0 Å². The van der Waals surface area contributed by atoms with Gasteiger partial charge >= 0.3 is 11.9 Å².